The Morgan fingerprint density at radius 1 is 1.17 bits per heavy atom. The molecule has 5 nitrogen and oxygen atoms in total. The summed E-state index contributed by atoms with van der Waals surface area (Å²) in [5.41, 5.74) is 2.33. The molecular weight excluding hydrogens is 324 g/mol. The Bertz CT molecular complexity index is 752. The Kier molecular flexibility index (Phi) is 4.10. The third-order valence-electron chi connectivity index (χ3n) is 4.87. The van der Waals surface area contributed by atoms with E-state index in [-0.39, 0.29) is 11.9 Å². The highest BCUT2D eigenvalue weighted by Crippen LogP contribution is 2.29. The number of hydrogen-bond donors (Lipinski definition) is 0. The average Bonchev–Trinajstić information content (AvgIpc) is 3.11. The molecule has 1 saturated heterocycles. The monoisotopic (exact) mass is 342 g/mol. The van der Waals surface area contributed by atoms with Crippen LogP contribution in [0.25, 0.3) is 0 Å². The second kappa shape index (κ2) is 6.40. The SMILES string of the molecule is O=C(C1CCCN1c1ncccn1)N1CCc2c(Cl)cccc2C1. The zero-order valence-electron chi connectivity index (χ0n) is 13.4. The first-order valence-electron chi connectivity index (χ1n) is 8.33. The Morgan fingerprint density at radius 2 is 2.00 bits per heavy atom. The normalized spacial score (nSPS) is 20.1. The first-order chi connectivity index (χ1) is 11.7. The molecule has 0 aliphatic carbocycles. The van der Waals surface area contributed by atoms with Gasteiger partial charge in [0.2, 0.25) is 11.9 Å². The van der Waals surface area contributed by atoms with Crippen molar-refractivity contribution in [2.24, 2.45) is 0 Å². The van der Waals surface area contributed by atoms with Crippen molar-refractivity contribution in [3.05, 3.63) is 52.8 Å². The molecule has 0 saturated carbocycles. The van der Waals surface area contributed by atoms with E-state index in [1.165, 1.54) is 5.56 Å². The summed E-state index contributed by atoms with van der Waals surface area (Å²) < 4.78 is 0. The lowest BCUT2D eigenvalue weighted by Gasteiger charge is -2.33. The molecule has 1 aromatic carbocycles. The molecule has 0 radical (unpaired) electrons. The van der Waals surface area contributed by atoms with Gasteiger partial charge in [0.1, 0.15) is 6.04 Å². The van der Waals surface area contributed by atoms with Crippen molar-refractivity contribution < 1.29 is 4.79 Å². The van der Waals surface area contributed by atoms with Crippen LogP contribution in [0.2, 0.25) is 5.02 Å². The van der Waals surface area contributed by atoms with Gasteiger partial charge in [-0.1, -0.05) is 23.7 Å². The van der Waals surface area contributed by atoms with Crippen molar-refractivity contribution in [2.45, 2.75) is 31.8 Å². The van der Waals surface area contributed by atoms with Crippen LogP contribution < -0.4 is 4.90 Å². The van der Waals surface area contributed by atoms with E-state index in [2.05, 4.69) is 16.0 Å². The minimum absolute atomic E-state index is 0.159. The lowest BCUT2D eigenvalue weighted by atomic mass is 9.99. The molecule has 1 aromatic heterocycles. The number of carbonyl (C=O) groups is 1. The minimum atomic E-state index is -0.159. The lowest BCUT2D eigenvalue weighted by Crippen LogP contribution is -2.47. The molecule has 2 aromatic rings. The third-order valence-corrected chi connectivity index (χ3v) is 5.22. The van der Waals surface area contributed by atoms with E-state index in [4.69, 9.17) is 11.6 Å². The second-order valence-electron chi connectivity index (χ2n) is 6.29. The highest BCUT2D eigenvalue weighted by molar-refractivity contribution is 6.31. The molecule has 0 spiro atoms. The van der Waals surface area contributed by atoms with Gasteiger partial charge in [0, 0.05) is 37.1 Å². The van der Waals surface area contributed by atoms with Crippen LogP contribution in [0.15, 0.2) is 36.7 Å². The van der Waals surface area contributed by atoms with Crippen LogP contribution in [-0.2, 0) is 17.8 Å². The smallest absolute Gasteiger partial charge is 0.245 e. The fourth-order valence-electron chi connectivity index (χ4n) is 3.66. The Morgan fingerprint density at radius 3 is 2.83 bits per heavy atom. The van der Waals surface area contributed by atoms with Gasteiger partial charge in [-0.15, -0.1) is 0 Å². The standard InChI is InChI=1S/C18H19ClN4O/c19-15-5-1-4-13-12-22(11-7-14(13)15)17(24)16-6-2-10-23(16)18-20-8-3-9-21-18/h1,3-5,8-9,16H,2,6-7,10-12H2. The summed E-state index contributed by atoms with van der Waals surface area (Å²) in [4.78, 5) is 25.7. The van der Waals surface area contributed by atoms with E-state index in [1.54, 1.807) is 18.5 Å². The quantitative estimate of drug-likeness (QED) is 0.842. The Hall–Kier alpha value is -2.14. The number of nitrogens with zero attached hydrogens (tertiary/aromatic N) is 4. The summed E-state index contributed by atoms with van der Waals surface area (Å²) >= 11 is 6.27. The fraction of sp³-hybridized carbons (Fsp3) is 0.389. The number of carbonyl (C=O) groups excluding carboxylic acids is 1. The zero-order chi connectivity index (χ0) is 16.5. The molecule has 2 aliphatic heterocycles. The van der Waals surface area contributed by atoms with Gasteiger partial charge in [-0.25, -0.2) is 9.97 Å². The van der Waals surface area contributed by atoms with Crippen molar-refractivity contribution in [1.82, 2.24) is 14.9 Å². The predicted molar refractivity (Wildman–Crippen MR) is 93.0 cm³/mol. The summed E-state index contributed by atoms with van der Waals surface area (Å²) in [6.07, 6.45) is 6.11. The number of halogens is 1. The van der Waals surface area contributed by atoms with Crippen LogP contribution in [0.1, 0.15) is 24.0 Å². The molecule has 4 rings (SSSR count). The average molecular weight is 343 g/mol. The van der Waals surface area contributed by atoms with Gasteiger partial charge in [0.05, 0.1) is 0 Å². The molecule has 0 N–H and O–H groups in total. The summed E-state index contributed by atoms with van der Waals surface area (Å²) in [5.74, 6) is 0.819. The first-order valence-corrected chi connectivity index (χ1v) is 8.70. The minimum Gasteiger partial charge on any atom is -0.336 e. The van der Waals surface area contributed by atoms with Crippen LogP contribution in [0.5, 0.6) is 0 Å². The number of benzene rings is 1. The van der Waals surface area contributed by atoms with Crippen LogP contribution >= 0.6 is 11.6 Å². The van der Waals surface area contributed by atoms with Crippen molar-refractivity contribution in [2.75, 3.05) is 18.0 Å². The molecule has 0 bridgehead atoms. The molecule has 124 valence electrons. The van der Waals surface area contributed by atoms with Gasteiger partial charge in [-0.3, -0.25) is 4.79 Å². The highest BCUT2D eigenvalue weighted by Gasteiger charge is 2.36. The Labute approximate surface area is 146 Å². The van der Waals surface area contributed by atoms with E-state index in [0.717, 1.165) is 42.9 Å². The van der Waals surface area contributed by atoms with E-state index >= 15 is 0 Å². The van der Waals surface area contributed by atoms with E-state index < -0.39 is 0 Å². The number of hydrogen-bond acceptors (Lipinski definition) is 4. The summed E-state index contributed by atoms with van der Waals surface area (Å²) in [5, 5.41) is 0.805. The van der Waals surface area contributed by atoms with Gasteiger partial charge in [0.15, 0.2) is 0 Å². The van der Waals surface area contributed by atoms with Crippen LogP contribution in [0.3, 0.4) is 0 Å². The number of amides is 1. The topological polar surface area (TPSA) is 49.3 Å². The summed E-state index contributed by atoms with van der Waals surface area (Å²) in [6, 6.07) is 7.57. The maximum absolute atomic E-state index is 13.1. The zero-order valence-corrected chi connectivity index (χ0v) is 14.1. The van der Waals surface area contributed by atoms with Gasteiger partial charge in [0.25, 0.3) is 0 Å². The first kappa shape index (κ1) is 15.4. The van der Waals surface area contributed by atoms with Crippen molar-refractivity contribution in [3.63, 3.8) is 0 Å². The van der Waals surface area contributed by atoms with Gasteiger partial charge in [-0.05, 0) is 42.5 Å². The fourth-order valence-corrected chi connectivity index (χ4v) is 3.95. The van der Waals surface area contributed by atoms with Crippen molar-refractivity contribution >= 4 is 23.5 Å². The van der Waals surface area contributed by atoms with Gasteiger partial charge in [-0.2, -0.15) is 0 Å². The second-order valence-corrected chi connectivity index (χ2v) is 6.69. The number of fused-ring (bicyclic) bond motifs is 1. The lowest BCUT2D eigenvalue weighted by molar-refractivity contribution is -0.133. The number of aromatic nitrogens is 2. The van der Waals surface area contributed by atoms with E-state index in [1.807, 2.05) is 21.9 Å². The summed E-state index contributed by atoms with van der Waals surface area (Å²) in [6.45, 7) is 2.18. The predicted octanol–water partition coefficient (Wildman–Crippen LogP) is 2.68. The van der Waals surface area contributed by atoms with Gasteiger partial charge >= 0.3 is 0 Å². The van der Waals surface area contributed by atoms with Crippen molar-refractivity contribution in [1.29, 1.82) is 0 Å². The molecule has 1 fully saturated rings. The molecule has 24 heavy (non-hydrogen) atoms. The maximum atomic E-state index is 13.1. The molecule has 6 heteroatoms. The molecule has 2 aliphatic rings. The highest BCUT2D eigenvalue weighted by atomic mass is 35.5. The largest absolute Gasteiger partial charge is 0.336 e. The van der Waals surface area contributed by atoms with Crippen LogP contribution in [-0.4, -0.2) is 39.9 Å². The maximum Gasteiger partial charge on any atom is 0.245 e. The van der Waals surface area contributed by atoms with Crippen LogP contribution in [0, 0.1) is 0 Å². The molecule has 1 atom stereocenters. The van der Waals surface area contributed by atoms with Crippen molar-refractivity contribution in [3.8, 4) is 0 Å². The molecular formula is C18H19ClN4O. The van der Waals surface area contributed by atoms with Gasteiger partial charge < -0.3 is 9.80 Å². The third kappa shape index (κ3) is 2.73. The van der Waals surface area contributed by atoms with Crippen LogP contribution in [0.4, 0.5) is 5.95 Å². The summed E-state index contributed by atoms with van der Waals surface area (Å²) in [7, 11) is 0. The molecule has 1 amide bonds. The number of rotatable bonds is 2. The Balaban J connectivity index is 1.54. The van der Waals surface area contributed by atoms with E-state index in [9.17, 15) is 4.79 Å². The molecule has 3 heterocycles. The number of anilines is 1. The molecule has 1 unspecified atom stereocenters. The van der Waals surface area contributed by atoms with E-state index in [0.29, 0.717) is 12.5 Å².